The Hall–Kier alpha value is -3.67. The first-order chi connectivity index (χ1) is 16.0. The van der Waals surface area contributed by atoms with E-state index in [2.05, 4.69) is 36.6 Å². The Morgan fingerprint density at radius 1 is 1.06 bits per heavy atom. The third-order valence-electron chi connectivity index (χ3n) is 6.22. The summed E-state index contributed by atoms with van der Waals surface area (Å²) in [4.78, 5) is 19.4. The number of rotatable bonds is 6. The lowest BCUT2D eigenvalue weighted by Gasteiger charge is -2.18. The lowest BCUT2D eigenvalue weighted by molar-refractivity contribution is -0.117. The van der Waals surface area contributed by atoms with Crippen LogP contribution in [0.1, 0.15) is 29.3 Å². The summed E-state index contributed by atoms with van der Waals surface area (Å²) in [7, 11) is 0. The minimum atomic E-state index is -0.312. The van der Waals surface area contributed by atoms with Crippen molar-refractivity contribution in [3.8, 4) is 5.75 Å². The average molecular weight is 444 g/mol. The largest absolute Gasteiger partial charge is 0.491 e. The van der Waals surface area contributed by atoms with Crippen LogP contribution < -0.4 is 9.64 Å². The number of aryl methyl sites for hydroxylation is 2. The molecule has 1 saturated heterocycles. The van der Waals surface area contributed by atoms with Gasteiger partial charge in [0.1, 0.15) is 24.0 Å². The maximum atomic E-state index is 13.3. The third kappa shape index (κ3) is 4.21. The standard InChI is InChI=1S/C27H26FN3O2/c1-18-7-12-25(19(2)15-18)33-14-13-30-24-6-4-3-5-23(24)29-27(30)20-16-26(32)31(17-20)22-10-8-21(28)9-11-22/h3-12,15,20H,13-14,16-17H2,1-2H3/t20-/m1/s1. The van der Waals surface area contributed by atoms with Crippen molar-refractivity contribution in [2.24, 2.45) is 0 Å². The topological polar surface area (TPSA) is 47.4 Å². The van der Waals surface area contributed by atoms with E-state index in [4.69, 9.17) is 9.72 Å². The summed E-state index contributed by atoms with van der Waals surface area (Å²) in [6.45, 7) is 5.77. The van der Waals surface area contributed by atoms with E-state index in [0.29, 0.717) is 31.8 Å². The zero-order chi connectivity index (χ0) is 22.9. The van der Waals surface area contributed by atoms with Crippen molar-refractivity contribution in [3.63, 3.8) is 0 Å². The number of imidazole rings is 1. The molecule has 1 aliphatic rings. The Morgan fingerprint density at radius 3 is 2.64 bits per heavy atom. The third-order valence-corrected chi connectivity index (χ3v) is 6.22. The fourth-order valence-electron chi connectivity index (χ4n) is 4.60. The molecule has 1 fully saturated rings. The van der Waals surface area contributed by atoms with E-state index in [9.17, 15) is 9.18 Å². The van der Waals surface area contributed by atoms with E-state index in [0.717, 1.165) is 28.2 Å². The van der Waals surface area contributed by atoms with Crippen molar-refractivity contribution in [2.75, 3.05) is 18.1 Å². The molecule has 33 heavy (non-hydrogen) atoms. The van der Waals surface area contributed by atoms with E-state index >= 15 is 0 Å². The maximum Gasteiger partial charge on any atom is 0.227 e. The maximum absolute atomic E-state index is 13.3. The molecule has 1 atom stereocenters. The summed E-state index contributed by atoms with van der Waals surface area (Å²) in [6.07, 6.45) is 0.374. The summed E-state index contributed by atoms with van der Waals surface area (Å²) >= 11 is 0. The highest BCUT2D eigenvalue weighted by Crippen LogP contribution is 2.33. The molecule has 2 heterocycles. The molecule has 3 aromatic carbocycles. The molecular formula is C27H26FN3O2. The zero-order valence-corrected chi connectivity index (χ0v) is 18.8. The summed E-state index contributed by atoms with van der Waals surface area (Å²) in [5.74, 6) is 1.43. The lowest BCUT2D eigenvalue weighted by atomic mass is 10.1. The van der Waals surface area contributed by atoms with Crippen LogP contribution in [-0.2, 0) is 11.3 Å². The monoisotopic (exact) mass is 443 g/mol. The van der Waals surface area contributed by atoms with Gasteiger partial charge in [-0.25, -0.2) is 9.37 Å². The van der Waals surface area contributed by atoms with Gasteiger partial charge in [0.05, 0.1) is 17.6 Å². The number of amides is 1. The van der Waals surface area contributed by atoms with E-state index in [-0.39, 0.29) is 17.6 Å². The fraction of sp³-hybridized carbons (Fsp3) is 0.259. The number of benzene rings is 3. The first-order valence-corrected chi connectivity index (χ1v) is 11.2. The highest BCUT2D eigenvalue weighted by molar-refractivity contribution is 5.96. The predicted octanol–water partition coefficient (Wildman–Crippen LogP) is 5.39. The van der Waals surface area contributed by atoms with Crippen LogP contribution in [0, 0.1) is 19.7 Å². The second-order valence-electron chi connectivity index (χ2n) is 8.61. The second-order valence-corrected chi connectivity index (χ2v) is 8.61. The van der Waals surface area contributed by atoms with Gasteiger partial charge in [-0.1, -0.05) is 29.8 Å². The van der Waals surface area contributed by atoms with E-state index in [1.54, 1.807) is 17.0 Å². The molecule has 1 amide bonds. The number of fused-ring (bicyclic) bond motifs is 1. The molecule has 0 unspecified atom stereocenters. The highest BCUT2D eigenvalue weighted by Gasteiger charge is 2.34. The molecule has 0 aliphatic carbocycles. The Morgan fingerprint density at radius 2 is 1.85 bits per heavy atom. The van der Waals surface area contributed by atoms with Crippen molar-refractivity contribution in [3.05, 3.63) is 89.5 Å². The number of anilines is 1. The number of carbonyl (C=O) groups excluding carboxylic acids is 1. The number of hydrogen-bond donors (Lipinski definition) is 0. The van der Waals surface area contributed by atoms with Crippen LogP contribution in [0.4, 0.5) is 10.1 Å². The Bertz CT molecular complexity index is 1310. The van der Waals surface area contributed by atoms with Crippen molar-refractivity contribution in [1.29, 1.82) is 0 Å². The number of halogens is 1. The van der Waals surface area contributed by atoms with Gasteiger partial charge in [-0.2, -0.15) is 0 Å². The molecule has 0 radical (unpaired) electrons. The summed E-state index contributed by atoms with van der Waals surface area (Å²) in [5.41, 5.74) is 4.97. The molecular weight excluding hydrogens is 417 g/mol. The summed E-state index contributed by atoms with van der Waals surface area (Å²) in [6, 6.07) is 20.3. The predicted molar refractivity (Wildman–Crippen MR) is 127 cm³/mol. The van der Waals surface area contributed by atoms with Crippen LogP contribution in [0.25, 0.3) is 11.0 Å². The number of aromatic nitrogens is 2. The van der Waals surface area contributed by atoms with E-state index < -0.39 is 0 Å². The normalized spacial score (nSPS) is 16.0. The van der Waals surface area contributed by atoms with Crippen LogP contribution >= 0.6 is 0 Å². The quantitative estimate of drug-likeness (QED) is 0.401. The molecule has 1 aliphatic heterocycles. The highest BCUT2D eigenvalue weighted by atomic mass is 19.1. The van der Waals surface area contributed by atoms with E-state index in [1.165, 1.54) is 17.7 Å². The van der Waals surface area contributed by atoms with Crippen LogP contribution in [0.2, 0.25) is 0 Å². The molecule has 6 heteroatoms. The summed E-state index contributed by atoms with van der Waals surface area (Å²) < 4.78 is 21.6. The van der Waals surface area contributed by atoms with Crippen LogP contribution in [0.15, 0.2) is 66.7 Å². The number of carbonyl (C=O) groups is 1. The minimum Gasteiger partial charge on any atom is -0.491 e. The molecule has 5 rings (SSSR count). The van der Waals surface area contributed by atoms with Gasteiger partial charge in [0.2, 0.25) is 5.91 Å². The number of hydrogen-bond acceptors (Lipinski definition) is 3. The van der Waals surface area contributed by atoms with Crippen molar-refractivity contribution >= 4 is 22.6 Å². The van der Waals surface area contributed by atoms with Gasteiger partial charge in [-0.15, -0.1) is 0 Å². The molecule has 5 nitrogen and oxygen atoms in total. The Kier molecular flexibility index (Phi) is 5.58. The molecule has 4 aromatic rings. The van der Waals surface area contributed by atoms with E-state index in [1.807, 2.05) is 24.3 Å². The van der Waals surface area contributed by atoms with Gasteiger partial charge in [-0.05, 0) is 61.9 Å². The first-order valence-electron chi connectivity index (χ1n) is 11.2. The van der Waals surface area contributed by atoms with Gasteiger partial charge in [-0.3, -0.25) is 4.79 Å². The minimum absolute atomic E-state index is 0.0248. The number of nitrogens with zero attached hydrogens (tertiary/aromatic N) is 3. The number of ether oxygens (including phenoxy) is 1. The fourth-order valence-corrected chi connectivity index (χ4v) is 4.60. The summed E-state index contributed by atoms with van der Waals surface area (Å²) in [5, 5.41) is 0. The van der Waals surface area contributed by atoms with Gasteiger partial charge in [0.15, 0.2) is 0 Å². The smallest absolute Gasteiger partial charge is 0.227 e. The van der Waals surface area contributed by atoms with Gasteiger partial charge in [0.25, 0.3) is 0 Å². The zero-order valence-electron chi connectivity index (χ0n) is 18.8. The SMILES string of the molecule is Cc1ccc(OCCn2c([C@@H]3CC(=O)N(c4ccc(F)cc4)C3)nc3ccccc32)c(C)c1. The molecule has 0 spiro atoms. The van der Waals surface area contributed by atoms with Gasteiger partial charge >= 0.3 is 0 Å². The van der Waals surface area contributed by atoms with Crippen LogP contribution in [-0.4, -0.2) is 28.6 Å². The average Bonchev–Trinajstić information content (AvgIpc) is 3.36. The van der Waals surface area contributed by atoms with Gasteiger partial charge < -0.3 is 14.2 Å². The number of para-hydroxylation sites is 2. The van der Waals surface area contributed by atoms with Gasteiger partial charge in [0, 0.05) is 24.6 Å². The molecule has 1 aromatic heterocycles. The lowest BCUT2D eigenvalue weighted by Crippen LogP contribution is -2.24. The Labute approximate surface area is 192 Å². The van der Waals surface area contributed by atoms with Crippen LogP contribution in [0.5, 0.6) is 5.75 Å². The second kappa shape index (κ2) is 8.70. The van der Waals surface area contributed by atoms with Crippen molar-refractivity contribution in [2.45, 2.75) is 32.7 Å². The van der Waals surface area contributed by atoms with Crippen LogP contribution in [0.3, 0.4) is 0 Å². The molecule has 0 bridgehead atoms. The molecule has 0 N–H and O–H groups in total. The first kappa shape index (κ1) is 21.2. The Balaban J connectivity index is 1.40. The molecule has 0 saturated carbocycles. The van der Waals surface area contributed by atoms with Crippen molar-refractivity contribution < 1.29 is 13.9 Å². The molecule has 168 valence electrons. The van der Waals surface area contributed by atoms with Crippen molar-refractivity contribution in [1.82, 2.24) is 9.55 Å².